The molecule has 0 saturated heterocycles. The highest BCUT2D eigenvalue weighted by Gasteiger charge is 2.41. The van der Waals surface area contributed by atoms with E-state index in [1.54, 1.807) is 38.5 Å². The molecule has 4 saturated carbocycles. The SMILES string of the molecule is C1C2CC3CC1CC(C2)C3.COOS(=O)(=O)C(F)F. The van der Waals surface area contributed by atoms with Gasteiger partial charge in [0.2, 0.25) is 0 Å². The fraction of sp³-hybridized carbons (Fsp3) is 1.00. The fourth-order valence-electron chi connectivity index (χ4n) is 4.11. The van der Waals surface area contributed by atoms with Gasteiger partial charge < -0.3 is 0 Å². The Morgan fingerprint density at radius 2 is 1.21 bits per heavy atom. The van der Waals surface area contributed by atoms with E-state index in [2.05, 4.69) is 9.22 Å². The molecule has 7 heteroatoms. The number of halogens is 2. The van der Waals surface area contributed by atoms with E-state index in [1.165, 1.54) is 23.7 Å². The maximum absolute atomic E-state index is 11.2. The Balaban J connectivity index is 0.000000142. The third-order valence-corrected chi connectivity index (χ3v) is 5.14. The predicted octanol–water partition coefficient (Wildman–Crippen LogP) is 2.95. The van der Waals surface area contributed by atoms with Crippen molar-refractivity contribution in [1.29, 1.82) is 0 Å². The standard InChI is InChI=1S/C10H16.C2H4F2O4S/c1-7-2-9-4-8(1)5-10(3-7)6-9;1-7-8-9(5,6)2(3)4/h7-10H,1-6H2;2H,1H3. The van der Waals surface area contributed by atoms with Gasteiger partial charge in [-0.15, -0.1) is 4.33 Å². The Morgan fingerprint density at radius 3 is 1.37 bits per heavy atom. The van der Waals surface area contributed by atoms with Crippen molar-refractivity contribution in [3.63, 3.8) is 0 Å². The molecular formula is C12H20F2O4S. The molecule has 4 rings (SSSR count). The molecule has 0 aliphatic heterocycles. The van der Waals surface area contributed by atoms with Gasteiger partial charge in [-0.3, -0.25) is 0 Å². The zero-order valence-electron chi connectivity index (χ0n) is 10.9. The molecule has 112 valence electrons. The maximum Gasteiger partial charge on any atom is 0.363 e. The van der Waals surface area contributed by atoms with Gasteiger partial charge in [-0.05, 0) is 62.2 Å². The largest absolute Gasteiger partial charge is 0.363 e. The molecule has 0 spiro atoms. The van der Waals surface area contributed by atoms with E-state index in [-0.39, 0.29) is 0 Å². The number of alkyl halides is 2. The van der Waals surface area contributed by atoms with Crippen LogP contribution in [0.2, 0.25) is 0 Å². The van der Waals surface area contributed by atoms with E-state index in [1.807, 2.05) is 0 Å². The van der Waals surface area contributed by atoms with Gasteiger partial charge in [0.05, 0.1) is 7.11 Å². The number of hydrogen-bond donors (Lipinski definition) is 0. The monoisotopic (exact) mass is 298 g/mol. The van der Waals surface area contributed by atoms with Crippen LogP contribution in [0.5, 0.6) is 0 Å². The number of hydrogen-bond acceptors (Lipinski definition) is 4. The molecular weight excluding hydrogens is 278 g/mol. The molecule has 0 heterocycles. The zero-order valence-corrected chi connectivity index (χ0v) is 11.7. The maximum atomic E-state index is 11.2. The van der Waals surface area contributed by atoms with Gasteiger partial charge in [-0.2, -0.15) is 17.2 Å². The molecule has 0 aromatic rings. The lowest BCUT2D eigenvalue weighted by atomic mass is 9.56. The molecule has 0 radical (unpaired) electrons. The first-order valence-electron chi connectivity index (χ1n) is 6.65. The highest BCUT2D eigenvalue weighted by Crippen LogP contribution is 2.53. The molecule has 4 bridgehead atoms. The highest BCUT2D eigenvalue weighted by atomic mass is 32.2. The van der Waals surface area contributed by atoms with Crippen LogP contribution in [0.25, 0.3) is 0 Å². The van der Waals surface area contributed by atoms with Crippen LogP contribution in [0.4, 0.5) is 8.78 Å². The van der Waals surface area contributed by atoms with Crippen LogP contribution in [0.3, 0.4) is 0 Å². The van der Waals surface area contributed by atoms with Crippen LogP contribution in [0, 0.1) is 23.7 Å². The Bertz CT molecular complexity index is 340. The lowest BCUT2D eigenvalue weighted by Crippen LogP contribution is -2.38. The van der Waals surface area contributed by atoms with Gasteiger partial charge in [0.25, 0.3) is 0 Å². The van der Waals surface area contributed by atoms with Gasteiger partial charge in [-0.1, -0.05) is 0 Å². The van der Waals surface area contributed by atoms with Crippen molar-refractivity contribution >= 4 is 10.1 Å². The first kappa shape index (κ1) is 15.1. The summed E-state index contributed by atoms with van der Waals surface area (Å²) in [5.74, 6) is 1.15. The summed E-state index contributed by atoms with van der Waals surface area (Å²) >= 11 is 0. The smallest absolute Gasteiger partial charge is 0.223 e. The van der Waals surface area contributed by atoms with Crippen LogP contribution < -0.4 is 0 Å². The normalized spacial score (nSPS) is 36.2. The summed E-state index contributed by atoms with van der Waals surface area (Å²) in [6.45, 7) is 0. The molecule has 0 unspecified atom stereocenters. The summed E-state index contributed by atoms with van der Waals surface area (Å²) < 4.78 is 45.3. The van der Waals surface area contributed by atoms with E-state index < -0.39 is 15.9 Å². The van der Waals surface area contributed by atoms with E-state index in [4.69, 9.17) is 0 Å². The van der Waals surface area contributed by atoms with Crippen LogP contribution in [0.15, 0.2) is 0 Å². The highest BCUT2D eigenvalue weighted by molar-refractivity contribution is 7.86. The molecule has 0 aromatic carbocycles. The van der Waals surface area contributed by atoms with Crippen molar-refractivity contribution in [2.45, 2.75) is 44.3 Å². The zero-order chi connectivity index (χ0) is 14.0. The molecule has 4 aliphatic carbocycles. The Kier molecular flexibility index (Phi) is 4.79. The van der Waals surface area contributed by atoms with Gasteiger partial charge in [0, 0.05) is 0 Å². The Labute approximate surface area is 112 Å². The minimum Gasteiger partial charge on any atom is -0.223 e. The van der Waals surface area contributed by atoms with Gasteiger partial charge in [0.1, 0.15) is 0 Å². The molecule has 4 nitrogen and oxygen atoms in total. The molecule has 19 heavy (non-hydrogen) atoms. The summed E-state index contributed by atoms with van der Waals surface area (Å²) in [5.41, 5.74) is 0. The second kappa shape index (κ2) is 6.01. The first-order valence-corrected chi connectivity index (χ1v) is 8.12. The van der Waals surface area contributed by atoms with E-state index in [0.29, 0.717) is 0 Å². The molecule has 0 atom stereocenters. The van der Waals surface area contributed by atoms with E-state index in [9.17, 15) is 17.2 Å². The lowest BCUT2D eigenvalue weighted by molar-refractivity contribution is -0.176. The minimum atomic E-state index is -4.80. The van der Waals surface area contributed by atoms with Crippen molar-refractivity contribution in [2.75, 3.05) is 7.11 Å². The van der Waals surface area contributed by atoms with E-state index >= 15 is 0 Å². The average molecular weight is 298 g/mol. The van der Waals surface area contributed by atoms with E-state index in [0.717, 1.165) is 7.11 Å². The van der Waals surface area contributed by atoms with Gasteiger partial charge in [-0.25, -0.2) is 4.89 Å². The Morgan fingerprint density at radius 1 is 0.895 bits per heavy atom. The molecule has 0 amide bonds. The van der Waals surface area contributed by atoms with Crippen molar-refractivity contribution < 1.29 is 26.4 Å². The average Bonchev–Trinajstić information content (AvgIpc) is 2.27. The third-order valence-electron chi connectivity index (χ3n) is 4.38. The fourth-order valence-corrected chi connectivity index (χ4v) is 4.36. The second-order valence-electron chi connectivity index (χ2n) is 5.87. The second-order valence-corrected chi connectivity index (χ2v) is 7.34. The van der Waals surface area contributed by atoms with Crippen molar-refractivity contribution in [2.24, 2.45) is 23.7 Å². The quantitative estimate of drug-likeness (QED) is 0.594. The van der Waals surface area contributed by atoms with Crippen molar-refractivity contribution in [3.05, 3.63) is 0 Å². The molecule has 0 N–H and O–H groups in total. The van der Waals surface area contributed by atoms with Crippen LogP contribution in [-0.4, -0.2) is 21.3 Å². The summed E-state index contributed by atoms with van der Waals surface area (Å²) in [5, 5.41) is 0. The van der Waals surface area contributed by atoms with Gasteiger partial charge in [0.15, 0.2) is 0 Å². The molecule has 0 aromatic heterocycles. The summed E-state index contributed by atoms with van der Waals surface area (Å²) in [6.07, 6.45) is 9.62. The van der Waals surface area contributed by atoms with Crippen LogP contribution >= 0.6 is 0 Å². The third kappa shape index (κ3) is 3.86. The van der Waals surface area contributed by atoms with Crippen LogP contribution in [-0.2, 0) is 19.3 Å². The number of rotatable bonds is 3. The van der Waals surface area contributed by atoms with Crippen molar-refractivity contribution in [3.8, 4) is 0 Å². The van der Waals surface area contributed by atoms with Gasteiger partial charge >= 0.3 is 15.9 Å². The Hall–Kier alpha value is -0.270. The first-order chi connectivity index (χ1) is 8.90. The molecule has 4 fully saturated rings. The topological polar surface area (TPSA) is 52.6 Å². The van der Waals surface area contributed by atoms with Crippen molar-refractivity contribution in [1.82, 2.24) is 0 Å². The predicted molar refractivity (Wildman–Crippen MR) is 64.7 cm³/mol. The molecule has 4 aliphatic rings. The summed E-state index contributed by atoms with van der Waals surface area (Å²) in [4.78, 5) is 3.50. The minimum absolute atomic E-state index is 0.819. The summed E-state index contributed by atoms with van der Waals surface area (Å²) in [7, 11) is -3.98. The lowest BCUT2D eigenvalue weighted by Gasteiger charge is -2.49. The summed E-state index contributed by atoms with van der Waals surface area (Å²) in [6, 6.07) is 0. The van der Waals surface area contributed by atoms with Crippen LogP contribution in [0.1, 0.15) is 38.5 Å².